The summed E-state index contributed by atoms with van der Waals surface area (Å²) in [5.74, 6) is 2.64. The minimum atomic E-state index is 0.832. The fourth-order valence-corrected chi connectivity index (χ4v) is 5.27. The zero-order valence-electron chi connectivity index (χ0n) is 22.2. The molecule has 0 atom stereocenters. The van der Waals surface area contributed by atoms with Crippen molar-refractivity contribution in [2.45, 2.75) is 19.3 Å². The van der Waals surface area contributed by atoms with Gasteiger partial charge in [-0.1, -0.05) is 36.4 Å². The highest BCUT2D eigenvalue weighted by Crippen LogP contribution is 2.38. The summed E-state index contributed by atoms with van der Waals surface area (Å²) in [6.45, 7) is 5.40. The number of unbranched alkanes of at least 4 members (excludes halogenated alkanes) is 1. The molecule has 5 rings (SSSR count). The molecular weight excluding hydrogens is 462 g/mol. The smallest absolute Gasteiger partial charge is 0.207 e. The number of hydrogen-bond acceptors (Lipinski definition) is 6. The van der Waals surface area contributed by atoms with Crippen LogP contribution in [0.3, 0.4) is 0 Å². The van der Waals surface area contributed by atoms with Gasteiger partial charge in [0.25, 0.3) is 0 Å². The lowest BCUT2D eigenvalue weighted by molar-refractivity contribution is 0.252. The first-order valence-electron chi connectivity index (χ1n) is 13.1. The van der Waals surface area contributed by atoms with Gasteiger partial charge in [0.1, 0.15) is 17.8 Å². The molecule has 1 fully saturated rings. The maximum Gasteiger partial charge on any atom is 0.207 e. The van der Waals surface area contributed by atoms with Gasteiger partial charge in [-0.05, 0) is 61.7 Å². The molecule has 1 aliphatic heterocycles. The number of benzene rings is 3. The summed E-state index contributed by atoms with van der Waals surface area (Å²) in [5, 5.41) is 2.20. The molecule has 194 valence electrons. The van der Waals surface area contributed by atoms with Gasteiger partial charge >= 0.3 is 0 Å². The molecule has 0 unspecified atom stereocenters. The number of nitrogens with zero attached hydrogens (tertiary/aromatic N) is 3. The van der Waals surface area contributed by atoms with Gasteiger partial charge in [0.15, 0.2) is 0 Å². The van der Waals surface area contributed by atoms with Crippen molar-refractivity contribution in [2.75, 3.05) is 63.8 Å². The topological polar surface area (TPSA) is 41.3 Å². The Morgan fingerprint density at radius 2 is 1.59 bits per heavy atom. The Bertz CT molecular complexity index is 1310. The lowest BCUT2D eigenvalue weighted by Crippen LogP contribution is -2.46. The third kappa shape index (κ3) is 5.54. The number of rotatable bonds is 10. The summed E-state index contributed by atoms with van der Waals surface area (Å²) < 4.78 is 17.2. The SMILES string of the molecule is COc1ccccc1N1CCN(CCCCc2ccc(OC)c(N(C)c3occ4ccccc34)c2)CC1. The van der Waals surface area contributed by atoms with Crippen LogP contribution in [0.1, 0.15) is 18.4 Å². The van der Waals surface area contributed by atoms with Gasteiger partial charge in [0.2, 0.25) is 5.88 Å². The number of para-hydroxylation sites is 2. The molecule has 1 aliphatic rings. The summed E-state index contributed by atoms with van der Waals surface area (Å²) >= 11 is 0. The predicted molar refractivity (Wildman–Crippen MR) is 152 cm³/mol. The molecule has 1 aromatic heterocycles. The van der Waals surface area contributed by atoms with E-state index in [2.05, 4.69) is 57.2 Å². The van der Waals surface area contributed by atoms with Crippen molar-refractivity contribution in [3.8, 4) is 11.5 Å². The first kappa shape index (κ1) is 25.0. The summed E-state index contributed by atoms with van der Waals surface area (Å²) in [6.07, 6.45) is 5.21. The summed E-state index contributed by atoms with van der Waals surface area (Å²) in [4.78, 5) is 7.11. The van der Waals surface area contributed by atoms with E-state index in [4.69, 9.17) is 13.9 Å². The third-order valence-corrected chi connectivity index (χ3v) is 7.39. The number of piperazine rings is 1. The van der Waals surface area contributed by atoms with E-state index >= 15 is 0 Å². The third-order valence-electron chi connectivity index (χ3n) is 7.39. The van der Waals surface area contributed by atoms with Crippen molar-refractivity contribution in [3.05, 3.63) is 78.6 Å². The van der Waals surface area contributed by atoms with Crippen LogP contribution in [0.25, 0.3) is 10.8 Å². The van der Waals surface area contributed by atoms with Crippen LogP contribution in [-0.4, -0.2) is 58.9 Å². The van der Waals surface area contributed by atoms with Crippen LogP contribution < -0.4 is 19.3 Å². The number of anilines is 3. The Kier molecular flexibility index (Phi) is 7.85. The average molecular weight is 500 g/mol. The maximum absolute atomic E-state index is 5.94. The van der Waals surface area contributed by atoms with Crippen LogP contribution in [0, 0.1) is 0 Å². The first-order chi connectivity index (χ1) is 18.2. The van der Waals surface area contributed by atoms with E-state index in [0.717, 1.165) is 79.4 Å². The van der Waals surface area contributed by atoms with Gasteiger partial charge in [0.05, 0.1) is 25.6 Å². The fraction of sp³-hybridized carbons (Fsp3) is 0.355. The molecule has 37 heavy (non-hydrogen) atoms. The Morgan fingerprint density at radius 1 is 0.838 bits per heavy atom. The van der Waals surface area contributed by atoms with E-state index in [-0.39, 0.29) is 0 Å². The second kappa shape index (κ2) is 11.6. The maximum atomic E-state index is 5.94. The fourth-order valence-electron chi connectivity index (χ4n) is 5.27. The minimum absolute atomic E-state index is 0.832. The molecule has 0 aliphatic carbocycles. The highest BCUT2D eigenvalue weighted by atomic mass is 16.5. The molecule has 0 N–H and O–H groups in total. The van der Waals surface area contributed by atoms with E-state index in [1.54, 1.807) is 14.2 Å². The van der Waals surface area contributed by atoms with Gasteiger partial charge in [0, 0.05) is 44.0 Å². The van der Waals surface area contributed by atoms with E-state index in [0.29, 0.717) is 0 Å². The normalized spacial score (nSPS) is 14.2. The van der Waals surface area contributed by atoms with Gasteiger partial charge in [-0.25, -0.2) is 0 Å². The second-order valence-corrected chi connectivity index (χ2v) is 9.65. The van der Waals surface area contributed by atoms with Crippen LogP contribution in [0.4, 0.5) is 17.3 Å². The number of fused-ring (bicyclic) bond motifs is 1. The monoisotopic (exact) mass is 499 g/mol. The minimum Gasteiger partial charge on any atom is -0.495 e. The summed E-state index contributed by atoms with van der Waals surface area (Å²) in [6, 6.07) is 23.0. The first-order valence-corrected chi connectivity index (χ1v) is 13.1. The van der Waals surface area contributed by atoms with Crippen LogP contribution in [0.5, 0.6) is 11.5 Å². The molecule has 6 nitrogen and oxygen atoms in total. The zero-order valence-corrected chi connectivity index (χ0v) is 22.2. The number of furan rings is 1. The lowest BCUT2D eigenvalue weighted by Gasteiger charge is -2.36. The van der Waals surface area contributed by atoms with Crippen LogP contribution in [-0.2, 0) is 6.42 Å². The van der Waals surface area contributed by atoms with Gasteiger partial charge in [-0.15, -0.1) is 0 Å². The van der Waals surface area contributed by atoms with Crippen molar-refractivity contribution in [1.82, 2.24) is 4.90 Å². The molecule has 0 radical (unpaired) electrons. The molecule has 0 saturated carbocycles. The molecule has 0 bridgehead atoms. The van der Waals surface area contributed by atoms with Crippen molar-refractivity contribution in [2.24, 2.45) is 0 Å². The highest BCUT2D eigenvalue weighted by Gasteiger charge is 2.20. The Morgan fingerprint density at radius 3 is 2.41 bits per heavy atom. The Labute approximate surface area is 220 Å². The quantitative estimate of drug-likeness (QED) is 0.236. The largest absolute Gasteiger partial charge is 0.495 e. The van der Waals surface area contributed by atoms with Gasteiger partial charge in [-0.2, -0.15) is 0 Å². The van der Waals surface area contributed by atoms with Crippen LogP contribution >= 0.6 is 0 Å². The molecule has 0 amide bonds. The second-order valence-electron chi connectivity index (χ2n) is 9.65. The standard InChI is InChI=1S/C31H37N3O3/c1-32(31-26-12-5-4-11-25(26)23-37-31)28-22-24(15-16-30(28)36-3)10-8-9-17-33-18-20-34(21-19-33)27-13-6-7-14-29(27)35-2/h4-7,11-16,22-23H,8-10,17-21H2,1-3H3. The van der Waals surface area contributed by atoms with E-state index in [1.165, 1.54) is 17.7 Å². The number of methoxy groups -OCH3 is 2. The predicted octanol–water partition coefficient (Wildman–Crippen LogP) is 6.36. The van der Waals surface area contributed by atoms with Crippen molar-refractivity contribution in [3.63, 3.8) is 0 Å². The summed E-state index contributed by atoms with van der Waals surface area (Å²) in [7, 11) is 5.51. The zero-order chi connectivity index (χ0) is 25.6. The van der Waals surface area contributed by atoms with Crippen molar-refractivity contribution >= 4 is 28.0 Å². The molecule has 1 saturated heterocycles. The number of aryl methyl sites for hydroxylation is 1. The molecule has 2 heterocycles. The van der Waals surface area contributed by atoms with Gasteiger partial charge < -0.3 is 23.7 Å². The summed E-state index contributed by atoms with van der Waals surface area (Å²) in [5.41, 5.74) is 3.54. The average Bonchev–Trinajstić information content (AvgIpc) is 3.39. The highest BCUT2D eigenvalue weighted by molar-refractivity contribution is 5.93. The van der Waals surface area contributed by atoms with E-state index < -0.39 is 0 Å². The lowest BCUT2D eigenvalue weighted by atomic mass is 10.1. The van der Waals surface area contributed by atoms with Crippen LogP contribution in [0.15, 0.2) is 77.4 Å². The van der Waals surface area contributed by atoms with Crippen LogP contribution in [0.2, 0.25) is 0 Å². The number of hydrogen-bond donors (Lipinski definition) is 0. The molecular formula is C31H37N3O3. The molecule has 6 heteroatoms. The van der Waals surface area contributed by atoms with E-state index in [1.807, 2.05) is 37.6 Å². The van der Waals surface area contributed by atoms with E-state index in [9.17, 15) is 0 Å². The Balaban J connectivity index is 1.15. The Hall–Kier alpha value is -3.64. The number of ether oxygens (including phenoxy) is 2. The van der Waals surface area contributed by atoms with Crippen molar-refractivity contribution in [1.29, 1.82) is 0 Å². The molecule has 4 aromatic rings. The molecule has 3 aromatic carbocycles. The van der Waals surface area contributed by atoms with Crippen molar-refractivity contribution < 1.29 is 13.9 Å². The molecule has 0 spiro atoms. The van der Waals surface area contributed by atoms with Gasteiger partial charge in [-0.3, -0.25) is 4.90 Å².